The van der Waals surface area contributed by atoms with Crippen molar-refractivity contribution >= 4 is 5.69 Å². The molecule has 0 radical (unpaired) electrons. The van der Waals surface area contributed by atoms with Gasteiger partial charge in [-0.25, -0.2) is 0 Å². The van der Waals surface area contributed by atoms with Crippen LogP contribution in [0.5, 0.6) is 0 Å². The minimum absolute atomic E-state index is 0.208. The van der Waals surface area contributed by atoms with E-state index in [0.717, 1.165) is 6.04 Å². The number of nitrogens with zero attached hydrogens (tertiary/aromatic N) is 2. The Bertz CT molecular complexity index is 489. The number of piperazine rings is 1. The molecular formula is C19H30N2. The summed E-state index contributed by atoms with van der Waals surface area (Å²) in [5, 5.41) is 0. The highest BCUT2D eigenvalue weighted by atomic mass is 15.3. The number of para-hydroxylation sites is 1. The number of anilines is 1. The Morgan fingerprint density at radius 1 is 1.05 bits per heavy atom. The zero-order valence-electron chi connectivity index (χ0n) is 14.1. The van der Waals surface area contributed by atoms with E-state index in [-0.39, 0.29) is 5.41 Å². The second-order valence-corrected chi connectivity index (χ2v) is 7.91. The molecule has 1 aromatic carbocycles. The number of piperidine rings is 1. The van der Waals surface area contributed by atoms with Crippen molar-refractivity contribution < 1.29 is 0 Å². The van der Waals surface area contributed by atoms with Crippen LogP contribution < -0.4 is 4.90 Å². The predicted octanol–water partition coefficient (Wildman–Crippen LogP) is 4.05. The lowest BCUT2D eigenvalue weighted by Crippen LogP contribution is -2.59. The van der Waals surface area contributed by atoms with Crippen molar-refractivity contribution in [2.75, 3.05) is 24.5 Å². The van der Waals surface area contributed by atoms with E-state index in [1.165, 1.54) is 50.1 Å². The minimum Gasteiger partial charge on any atom is -0.366 e. The third kappa shape index (κ3) is 2.96. The van der Waals surface area contributed by atoms with E-state index in [2.05, 4.69) is 61.8 Å². The summed E-state index contributed by atoms with van der Waals surface area (Å²) in [6.45, 7) is 13.1. The summed E-state index contributed by atoms with van der Waals surface area (Å²) in [6.07, 6.45) is 4.17. The Morgan fingerprint density at radius 2 is 1.81 bits per heavy atom. The average Bonchev–Trinajstić information content (AvgIpc) is 2.45. The normalized spacial score (nSPS) is 27.5. The first-order chi connectivity index (χ1) is 9.97. The van der Waals surface area contributed by atoms with Crippen LogP contribution in [0, 0.1) is 0 Å². The highest BCUT2D eigenvalue weighted by Crippen LogP contribution is 2.35. The molecule has 2 heterocycles. The van der Waals surface area contributed by atoms with Gasteiger partial charge in [0.25, 0.3) is 0 Å². The molecule has 3 rings (SSSR count). The molecule has 2 fully saturated rings. The molecule has 2 nitrogen and oxygen atoms in total. The van der Waals surface area contributed by atoms with Gasteiger partial charge in [0.05, 0.1) is 0 Å². The van der Waals surface area contributed by atoms with Gasteiger partial charge in [0.15, 0.2) is 0 Å². The van der Waals surface area contributed by atoms with Crippen LogP contribution in [0.25, 0.3) is 0 Å². The maximum atomic E-state index is 2.73. The fraction of sp³-hybridized carbons (Fsp3) is 0.684. The van der Waals surface area contributed by atoms with Gasteiger partial charge < -0.3 is 4.90 Å². The van der Waals surface area contributed by atoms with E-state index >= 15 is 0 Å². The predicted molar refractivity (Wildman–Crippen MR) is 91.2 cm³/mol. The molecule has 21 heavy (non-hydrogen) atoms. The molecule has 0 spiro atoms. The molecule has 2 aliphatic heterocycles. The van der Waals surface area contributed by atoms with Crippen molar-refractivity contribution in [3.05, 3.63) is 29.8 Å². The SMILES string of the molecule is CC1CN2CCCCC2CN1c1ccccc1C(C)(C)C. The van der Waals surface area contributed by atoms with Crippen molar-refractivity contribution in [2.45, 2.75) is 64.5 Å². The van der Waals surface area contributed by atoms with E-state index in [1.807, 2.05) is 0 Å². The van der Waals surface area contributed by atoms with Crippen LogP contribution in [0.1, 0.15) is 52.5 Å². The van der Waals surface area contributed by atoms with Crippen molar-refractivity contribution in [3.63, 3.8) is 0 Å². The number of rotatable bonds is 1. The minimum atomic E-state index is 0.208. The van der Waals surface area contributed by atoms with Crippen LogP contribution in [0.3, 0.4) is 0 Å². The largest absolute Gasteiger partial charge is 0.366 e. The molecule has 0 aliphatic carbocycles. The Labute approximate surface area is 130 Å². The lowest BCUT2D eigenvalue weighted by molar-refractivity contribution is 0.115. The molecule has 0 N–H and O–H groups in total. The van der Waals surface area contributed by atoms with E-state index in [0.29, 0.717) is 6.04 Å². The topological polar surface area (TPSA) is 6.48 Å². The summed E-state index contributed by atoms with van der Waals surface area (Å²) >= 11 is 0. The van der Waals surface area contributed by atoms with Crippen molar-refractivity contribution in [2.24, 2.45) is 0 Å². The molecule has 0 saturated carbocycles. The average molecular weight is 286 g/mol. The molecule has 1 aromatic rings. The van der Waals surface area contributed by atoms with Crippen molar-refractivity contribution in [1.29, 1.82) is 0 Å². The fourth-order valence-electron chi connectivity index (χ4n) is 4.05. The molecule has 0 bridgehead atoms. The van der Waals surface area contributed by atoms with Crippen LogP contribution in [0.4, 0.5) is 5.69 Å². The molecule has 2 saturated heterocycles. The van der Waals surface area contributed by atoms with Gasteiger partial charge >= 0.3 is 0 Å². The second-order valence-electron chi connectivity index (χ2n) is 7.91. The van der Waals surface area contributed by atoms with Gasteiger partial charge in [0.1, 0.15) is 0 Å². The monoisotopic (exact) mass is 286 g/mol. The molecule has 116 valence electrons. The molecule has 2 unspecified atom stereocenters. The summed E-state index contributed by atoms with van der Waals surface area (Å²) in [5.74, 6) is 0. The van der Waals surface area contributed by atoms with Crippen molar-refractivity contribution in [1.82, 2.24) is 4.90 Å². The number of hydrogen-bond donors (Lipinski definition) is 0. The van der Waals surface area contributed by atoms with Gasteiger partial charge in [-0.3, -0.25) is 4.90 Å². The third-order valence-electron chi connectivity index (χ3n) is 5.21. The van der Waals surface area contributed by atoms with Gasteiger partial charge in [-0.1, -0.05) is 45.4 Å². The lowest BCUT2D eigenvalue weighted by Gasteiger charge is -2.49. The quantitative estimate of drug-likeness (QED) is 0.768. The number of benzene rings is 1. The van der Waals surface area contributed by atoms with Crippen LogP contribution in [-0.2, 0) is 5.41 Å². The summed E-state index contributed by atoms with van der Waals surface area (Å²) in [5.41, 5.74) is 3.16. The van der Waals surface area contributed by atoms with Crippen LogP contribution in [0.2, 0.25) is 0 Å². The standard InChI is InChI=1S/C19H30N2/c1-15-13-20-12-8-7-9-16(20)14-21(15)18-11-6-5-10-17(18)19(2,3)4/h5-6,10-11,15-16H,7-9,12-14H2,1-4H3. The first-order valence-corrected chi connectivity index (χ1v) is 8.57. The Kier molecular flexibility index (Phi) is 4.00. The Hall–Kier alpha value is -1.02. The van der Waals surface area contributed by atoms with Gasteiger partial charge in [-0.15, -0.1) is 0 Å². The molecule has 0 aromatic heterocycles. The maximum absolute atomic E-state index is 2.73. The van der Waals surface area contributed by atoms with Gasteiger partial charge in [-0.2, -0.15) is 0 Å². The summed E-state index contributed by atoms with van der Waals surface area (Å²) in [7, 11) is 0. The van der Waals surface area contributed by atoms with Crippen molar-refractivity contribution in [3.8, 4) is 0 Å². The Morgan fingerprint density at radius 3 is 2.57 bits per heavy atom. The van der Waals surface area contributed by atoms with E-state index in [9.17, 15) is 0 Å². The molecule has 0 amide bonds. The van der Waals surface area contributed by atoms with Gasteiger partial charge in [-0.05, 0) is 43.4 Å². The highest BCUT2D eigenvalue weighted by molar-refractivity contribution is 5.57. The lowest BCUT2D eigenvalue weighted by atomic mass is 9.84. The summed E-state index contributed by atoms with van der Waals surface area (Å²) in [6, 6.07) is 10.4. The van der Waals surface area contributed by atoms with E-state index in [1.54, 1.807) is 0 Å². The zero-order chi connectivity index (χ0) is 15.0. The van der Waals surface area contributed by atoms with E-state index in [4.69, 9.17) is 0 Å². The summed E-state index contributed by atoms with van der Waals surface area (Å²) in [4.78, 5) is 5.40. The summed E-state index contributed by atoms with van der Waals surface area (Å²) < 4.78 is 0. The zero-order valence-corrected chi connectivity index (χ0v) is 14.1. The molecule has 2 atom stereocenters. The first-order valence-electron chi connectivity index (χ1n) is 8.57. The van der Waals surface area contributed by atoms with Gasteiger partial charge in [0.2, 0.25) is 0 Å². The third-order valence-corrected chi connectivity index (χ3v) is 5.21. The van der Waals surface area contributed by atoms with Crippen LogP contribution >= 0.6 is 0 Å². The van der Waals surface area contributed by atoms with Gasteiger partial charge in [0, 0.05) is 30.9 Å². The molecule has 2 aliphatic rings. The second kappa shape index (κ2) is 5.64. The number of hydrogen-bond acceptors (Lipinski definition) is 2. The first kappa shape index (κ1) is 14.9. The van der Waals surface area contributed by atoms with E-state index < -0.39 is 0 Å². The van der Waals surface area contributed by atoms with Crippen LogP contribution in [-0.4, -0.2) is 36.6 Å². The molecule has 2 heteroatoms. The smallest absolute Gasteiger partial charge is 0.0407 e. The highest BCUT2D eigenvalue weighted by Gasteiger charge is 2.34. The van der Waals surface area contributed by atoms with Crippen LogP contribution in [0.15, 0.2) is 24.3 Å². The number of fused-ring (bicyclic) bond motifs is 1. The molecular weight excluding hydrogens is 256 g/mol. The Balaban J connectivity index is 1.90. The maximum Gasteiger partial charge on any atom is 0.0407 e. The fourth-order valence-corrected chi connectivity index (χ4v) is 4.05.